The lowest BCUT2D eigenvalue weighted by Crippen LogP contribution is -2.46. The molecular formula is C47H93NO5. The van der Waals surface area contributed by atoms with Crippen molar-refractivity contribution in [2.75, 3.05) is 6.61 Å². The van der Waals surface area contributed by atoms with Crippen LogP contribution in [0.25, 0.3) is 0 Å². The zero-order chi connectivity index (χ0) is 38.9. The lowest BCUT2D eigenvalue weighted by molar-refractivity contribution is -0.151. The van der Waals surface area contributed by atoms with Crippen LogP contribution in [0.1, 0.15) is 265 Å². The maximum atomic E-state index is 13.1. The summed E-state index contributed by atoms with van der Waals surface area (Å²) < 4.78 is 5.90. The van der Waals surface area contributed by atoms with Gasteiger partial charge in [-0.15, -0.1) is 0 Å². The molecule has 0 saturated carbocycles. The Morgan fingerprint density at radius 1 is 0.472 bits per heavy atom. The van der Waals surface area contributed by atoms with E-state index >= 15 is 0 Å². The number of aliphatic hydroxyl groups excluding tert-OH is 2. The lowest BCUT2D eigenvalue weighted by Gasteiger charge is -2.24. The summed E-state index contributed by atoms with van der Waals surface area (Å²) >= 11 is 0. The maximum Gasteiger partial charge on any atom is 0.306 e. The summed E-state index contributed by atoms with van der Waals surface area (Å²) in [5.74, 6) is -0.459. The van der Waals surface area contributed by atoms with Gasteiger partial charge >= 0.3 is 5.97 Å². The SMILES string of the molecule is CCCCCCCCCCCCCCCCCCC(CC(=O)NC(CO)C(O)CCCCCCCCCCC)OC(=O)CCCCCCCCCCC. The number of hydrogen-bond acceptors (Lipinski definition) is 5. The molecule has 0 aliphatic heterocycles. The van der Waals surface area contributed by atoms with E-state index in [1.54, 1.807) is 0 Å². The fourth-order valence-electron chi connectivity index (χ4n) is 7.55. The number of ether oxygens (including phenoxy) is 1. The van der Waals surface area contributed by atoms with Crippen LogP contribution in [0.2, 0.25) is 0 Å². The fourth-order valence-corrected chi connectivity index (χ4v) is 7.55. The average molecular weight is 752 g/mol. The highest BCUT2D eigenvalue weighted by Gasteiger charge is 2.24. The predicted molar refractivity (Wildman–Crippen MR) is 227 cm³/mol. The smallest absolute Gasteiger partial charge is 0.306 e. The Morgan fingerprint density at radius 2 is 0.792 bits per heavy atom. The van der Waals surface area contributed by atoms with Crippen molar-refractivity contribution in [3.05, 3.63) is 0 Å². The van der Waals surface area contributed by atoms with Gasteiger partial charge in [0.05, 0.1) is 25.2 Å². The summed E-state index contributed by atoms with van der Waals surface area (Å²) in [6, 6.07) is -0.689. The Morgan fingerprint density at radius 3 is 1.15 bits per heavy atom. The third-order valence-corrected chi connectivity index (χ3v) is 11.2. The zero-order valence-electron chi connectivity index (χ0n) is 35.9. The van der Waals surface area contributed by atoms with Gasteiger partial charge in [0, 0.05) is 6.42 Å². The van der Waals surface area contributed by atoms with E-state index in [4.69, 9.17) is 4.74 Å². The minimum atomic E-state index is -0.776. The molecule has 0 aromatic carbocycles. The number of carbonyl (C=O) groups excluding carboxylic acids is 2. The van der Waals surface area contributed by atoms with Crippen molar-refractivity contribution in [3.63, 3.8) is 0 Å². The van der Waals surface area contributed by atoms with Gasteiger partial charge in [0.25, 0.3) is 0 Å². The van der Waals surface area contributed by atoms with Crippen LogP contribution in [0, 0.1) is 0 Å². The van der Waals surface area contributed by atoms with Crippen LogP contribution in [0.4, 0.5) is 0 Å². The summed E-state index contributed by atoms with van der Waals surface area (Å²) in [5, 5.41) is 23.6. The van der Waals surface area contributed by atoms with Crippen molar-refractivity contribution in [3.8, 4) is 0 Å². The molecule has 0 aliphatic rings. The molecule has 0 saturated heterocycles. The van der Waals surface area contributed by atoms with Crippen LogP contribution in [0.5, 0.6) is 0 Å². The molecule has 0 radical (unpaired) electrons. The van der Waals surface area contributed by atoms with E-state index in [-0.39, 0.29) is 24.9 Å². The number of amides is 1. The van der Waals surface area contributed by atoms with E-state index in [9.17, 15) is 19.8 Å². The predicted octanol–water partition coefficient (Wildman–Crippen LogP) is 13.6. The van der Waals surface area contributed by atoms with Crippen LogP contribution < -0.4 is 5.32 Å². The molecule has 3 unspecified atom stereocenters. The van der Waals surface area contributed by atoms with Crippen molar-refractivity contribution < 1.29 is 24.5 Å². The van der Waals surface area contributed by atoms with Crippen LogP contribution in [-0.4, -0.2) is 46.9 Å². The average Bonchev–Trinajstić information content (AvgIpc) is 3.15. The third kappa shape index (κ3) is 37.6. The Bertz CT molecular complexity index is 761. The van der Waals surface area contributed by atoms with E-state index in [1.165, 1.54) is 173 Å². The second-order valence-electron chi connectivity index (χ2n) is 16.5. The highest BCUT2D eigenvalue weighted by Crippen LogP contribution is 2.18. The number of rotatable bonds is 43. The van der Waals surface area contributed by atoms with Crippen molar-refractivity contribution in [2.24, 2.45) is 0 Å². The Hall–Kier alpha value is -1.14. The summed E-state index contributed by atoms with van der Waals surface area (Å²) in [7, 11) is 0. The van der Waals surface area contributed by atoms with Gasteiger partial charge in [-0.2, -0.15) is 0 Å². The number of hydrogen-bond donors (Lipinski definition) is 3. The van der Waals surface area contributed by atoms with Crippen LogP contribution >= 0.6 is 0 Å². The van der Waals surface area contributed by atoms with E-state index in [2.05, 4.69) is 26.1 Å². The van der Waals surface area contributed by atoms with Gasteiger partial charge in [0.15, 0.2) is 0 Å². The molecule has 53 heavy (non-hydrogen) atoms. The molecule has 6 heteroatoms. The molecule has 1 amide bonds. The van der Waals surface area contributed by atoms with Crippen LogP contribution in [0.15, 0.2) is 0 Å². The van der Waals surface area contributed by atoms with Crippen molar-refractivity contribution in [1.82, 2.24) is 5.32 Å². The first-order valence-corrected chi connectivity index (χ1v) is 23.8. The highest BCUT2D eigenvalue weighted by atomic mass is 16.5. The first-order valence-electron chi connectivity index (χ1n) is 23.8. The number of nitrogens with one attached hydrogen (secondary N) is 1. The van der Waals surface area contributed by atoms with Gasteiger partial charge in [-0.05, 0) is 25.7 Å². The molecule has 0 rings (SSSR count). The number of carbonyl (C=O) groups is 2. The van der Waals surface area contributed by atoms with Gasteiger partial charge in [-0.3, -0.25) is 9.59 Å². The monoisotopic (exact) mass is 752 g/mol. The summed E-state index contributed by atoms with van der Waals surface area (Å²) in [5.41, 5.74) is 0. The second-order valence-corrected chi connectivity index (χ2v) is 16.5. The van der Waals surface area contributed by atoms with Gasteiger partial charge < -0.3 is 20.3 Å². The first kappa shape index (κ1) is 51.9. The Labute approximate surface area is 330 Å². The molecule has 316 valence electrons. The Balaban J connectivity index is 4.50. The van der Waals surface area contributed by atoms with Gasteiger partial charge in [-0.1, -0.05) is 226 Å². The van der Waals surface area contributed by atoms with Gasteiger partial charge in [-0.25, -0.2) is 0 Å². The quantitative estimate of drug-likeness (QED) is 0.0426. The van der Waals surface area contributed by atoms with E-state index < -0.39 is 18.2 Å². The fraction of sp³-hybridized carbons (Fsp3) is 0.957. The van der Waals surface area contributed by atoms with Gasteiger partial charge in [0.2, 0.25) is 5.91 Å². The standard InChI is InChI=1S/C47H93NO5/c1-4-7-10-13-16-19-20-21-22-23-24-25-28-29-32-35-38-43(53-47(52)40-37-34-31-27-18-15-12-9-6-3)41-46(51)48-44(42-49)45(50)39-36-33-30-26-17-14-11-8-5-2/h43-45,49-50H,4-42H2,1-3H3,(H,48,51). The largest absolute Gasteiger partial charge is 0.462 e. The van der Waals surface area contributed by atoms with E-state index in [0.717, 1.165) is 44.9 Å². The topological polar surface area (TPSA) is 95.9 Å². The van der Waals surface area contributed by atoms with Crippen LogP contribution in [-0.2, 0) is 14.3 Å². The lowest BCUT2D eigenvalue weighted by atomic mass is 10.0. The second kappa shape index (κ2) is 42.0. The van der Waals surface area contributed by atoms with Gasteiger partial charge in [0.1, 0.15) is 6.10 Å². The summed E-state index contributed by atoms with van der Waals surface area (Å²) in [4.78, 5) is 25.9. The number of aliphatic hydroxyl groups is 2. The number of esters is 1. The molecule has 3 N–H and O–H groups in total. The highest BCUT2D eigenvalue weighted by molar-refractivity contribution is 5.77. The molecule has 0 aromatic rings. The molecule has 3 atom stereocenters. The molecule has 0 heterocycles. The molecule has 6 nitrogen and oxygen atoms in total. The number of unbranched alkanes of at least 4 members (excludes halogenated alkanes) is 31. The van der Waals surface area contributed by atoms with Crippen molar-refractivity contribution in [2.45, 2.75) is 283 Å². The normalized spacial score (nSPS) is 13.2. The minimum absolute atomic E-state index is 0.0868. The van der Waals surface area contributed by atoms with Crippen molar-refractivity contribution >= 4 is 11.9 Å². The molecule has 0 spiro atoms. The first-order chi connectivity index (χ1) is 26.0. The third-order valence-electron chi connectivity index (χ3n) is 11.2. The molecule has 0 aromatic heterocycles. The Kier molecular flexibility index (Phi) is 41.1. The maximum absolute atomic E-state index is 13.1. The minimum Gasteiger partial charge on any atom is -0.462 e. The van der Waals surface area contributed by atoms with E-state index in [1.807, 2.05) is 0 Å². The summed E-state index contributed by atoms with van der Waals surface area (Å²) in [6.45, 7) is 6.46. The molecular weight excluding hydrogens is 659 g/mol. The van der Waals surface area contributed by atoms with Crippen molar-refractivity contribution in [1.29, 1.82) is 0 Å². The molecule has 0 fully saturated rings. The summed E-state index contributed by atoms with van der Waals surface area (Å²) in [6.07, 6.45) is 43.1. The van der Waals surface area contributed by atoms with E-state index in [0.29, 0.717) is 19.3 Å². The molecule has 0 bridgehead atoms. The zero-order valence-corrected chi connectivity index (χ0v) is 35.9. The van der Waals surface area contributed by atoms with Crippen LogP contribution in [0.3, 0.4) is 0 Å². The molecule has 0 aliphatic carbocycles.